The van der Waals surface area contributed by atoms with Gasteiger partial charge in [0.2, 0.25) is 0 Å². The molecule has 4 heteroatoms. The molecule has 0 aliphatic carbocycles. The van der Waals surface area contributed by atoms with Crippen molar-refractivity contribution in [2.75, 3.05) is 13.7 Å². The summed E-state index contributed by atoms with van der Waals surface area (Å²) in [7, 11) is 1.29. The highest BCUT2D eigenvalue weighted by atomic mass is 16.5. The fraction of sp³-hybridized carbons (Fsp3) is 0.500. The largest absolute Gasteiger partial charge is 0.466 e. The van der Waals surface area contributed by atoms with Crippen LogP contribution in [-0.4, -0.2) is 25.7 Å². The van der Waals surface area contributed by atoms with Crippen LogP contribution in [0.5, 0.6) is 0 Å². The van der Waals surface area contributed by atoms with Crippen LogP contribution in [0.3, 0.4) is 0 Å². The van der Waals surface area contributed by atoms with E-state index in [1.54, 1.807) is 6.92 Å². The summed E-state index contributed by atoms with van der Waals surface area (Å²) >= 11 is 0. The molecule has 0 bridgehead atoms. The van der Waals surface area contributed by atoms with Gasteiger partial charge >= 0.3 is 11.9 Å². The molecule has 0 atom stereocenters. The topological polar surface area (TPSA) is 52.6 Å². The van der Waals surface area contributed by atoms with Gasteiger partial charge in [-0.3, -0.25) is 4.79 Å². The highest BCUT2D eigenvalue weighted by Crippen LogP contribution is 1.94. The maximum absolute atomic E-state index is 10.6. The van der Waals surface area contributed by atoms with E-state index in [0.29, 0.717) is 5.57 Å². The predicted octanol–water partition coefficient (Wildman–Crippen LogP) is 0.669. The standard InChI is InChI=1S/C8H12O4/c1-6(4-8(10)11-3)5-12-7(2)9/h4H,5H2,1-3H3/b6-4+. The van der Waals surface area contributed by atoms with Crippen molar-refractivity contribution in [3.8, 4) is 0 Å². The van der Waals surface area contributed by atoms with Gasteiger partial charge < -0.3 is 9.47 Å². The Morgan fingerprint density at radius 1 is 1.33 bits per heavy atom. The van der Waals surface area contributed by atoms with E-state index >= 15 is 0 Å². The van der Waals surface area contributed by atoms with Gasteiger partial charge in [-0.1, -0.05) is 0 Å². The molecule has 4 nitrogen and oxygen atoms in total. The summed E-state index contributed by atoms with van der Waals surface area (Å²) in [5, 5.41) is 0. The summed E-state index contributed by atoms with van der Waals surface area (Å²) in [4.78, 5) is 21.0. The van der Waals surface area contributed by atoms with Gasteiger partial charge in [-0.05, 0) is 12.5 Å². The van der Waals surface area contributed by atoms with Crippen molar-refractivity contribution in [2.45, 2.75) is 13.8 Å². The Morgan fingerprint density at radius 3 is 2.33 bits per heavy atom. The van der Waals surface area contributed by atoms with E-state index in [2.05, 4.69) is 9.47 Å². The van der Waals surface area contributed by atoms with E-state index in [-0.39, 0.29) is 12.6 Å². The monoisotopic (exact) mass is 172 g/mol. The highest BCUT2D eigenvalue weighted by Gasteiger charge is 1.98. The average molecular weight is 172 g/mol. The number of hydrogen-bond acceptors (Lipinski definition) is 4. The van der Waals surface area contributed by atoms with Gasteiger partial charge in [-0.2, -0.15) is 0 Å². The Balaban J connectivity index is 3.85. The van der Waals surface area contributed by atoms with Crippen LogP contribution in [0.2, 0.25) is 0 Å². The third kappa shape index (κ3) is 5.46. The van der Waals surface area contributed by atoms with Crippen LogP contribution in [0.25, 0.3) is 0 Å². The molecule has 0 N–H and O–H groups in total. The molecule has 68 valence electrons. The van der Waals surface area contributed by atoms with E-state index in [4.69, 9.17) is 0 Å². The van der Waals surface area contributed by atoms with Crippen molar-refractivity contribution in [3.63, 3.8) is 0 Å². The quantitative estimate of drug-likeness (QED) is 0.463. The molecule has 0 aliphatic heterocycles. The normalized spacial score (nSPS) is 10.8. The zero-order valence-corrected chi connectivity index (χ0v) is 7.42. The Morgan fingerprint density at radius 2 is 1.92 bits per heavy atom. The average Bonchev–Trinajstić information content (AvgIpc) is 2.00. The van der Waals surface area contributed by atoms with Gasteiger partial charge in [0.05, 0.1) is 7.11 Å². The lowest BCUT2D eigenvalue weighted by atomic mass is 10.3. The fourth-order valence-electron chi connectivity index (χ4n) is 0.517. The van der Waals surface area contributed by atoms with E-state index in [0.717, 1.165) is 0 Å². The van der Waals surface area contributed by atoms with Gasteiger partial charge in [0.15, 0.2) is 0 Å². The first-order valence-corrected chi connectivity index (χ1v) is 3.44. The molecule has 0 aromatic rings. The molecular weight excluding hydrogens is 160 g/mol. The minimum absolute atomic E-state index is 0.129. The van der Waals surface area contributed by atoms with E-state index in [1.165, 1.54) is 20.1 Å². The van der Waals surface area contributed by atoms with Gasteiger partial charge in [0.1, 0.15) is 6.61 Å². The zero-order valence-electron chi connectivity index (χ0n) is 7.42. The Labute approximate surface area is 71.2 Å². The summed E-state index contributed by atoms with van der Waals surface area (Å²) in [5.74, 6) is -0.813. The maximum Gasteiger partial charge on any atom is 0.330 e. The first-order valence-electron chi connectivity index (χ1n) is 3.44. The van der Waals surface area contributed by atoms with Gasteiger partial charge in [0, 0.05) is 13.0 Å². The SMILES string of the molecule is COC(=O)/C=C(\C)COC(C)=O. The van der Waals surface area contributed by atoms with Crippen molar-refractivity contribution in [3.05, 3.63) is 11.6 Å². The molecule has 0 saturated heterocycles. The van der Waals surface area contributed by atoms with Crippen LogP contribution >= 0.6 is 0 Å². The molecule has 0 aromatic heterocycles. The van der Waals surface area contributed by atoms with Gasteiger partial charge in [-0.15, -0.1) is 0 Å². The minimum Gasteiger partial charge on any atom is -0.466 e. The summed E-state index contributed by atoms with van der Waals surface area (Å²) in [6.45, 7) is 3.12. The molecule has 0 fully saturated rings. The van der Waals surface area contributed by atoms with Crippen LogP contribution in [0.15, 0.2) is 11.6 Å². The van der Waals surface area contributed by atoms with Crippen LogP contribution in [0.1, 0.15) is 13.8 Å². The van der Waals surface area contributed by atoms with Crippen LogP contribution in [0.4, 0.5) is 0 Å². The lowest BCUT2D eigenvalue weighted by molar-refractivity contribution is -0.140. The first kappa shape index (κ1) is 10.7. The zero-order chi connectivity index (χ0) is 9.56. The number of esters is 2. The van der Waals surface area contributed by atoms with Crippen LogP contribution in [0, 0.1) is 0 Å². The number of carbonyl (C=O) groups excluding carboxylic acids is 2. The molecule has 0 unspecified atom stereocenters. The number of ether oxygens (including phenoxy) is 2. The highest BCUT2D eigenvalue weighted by molar-refractivity contribution is 5.82. The first-order chi connectivity index (χ1) is 5.56. The second-order valence-corrected chi connectivity index (χ2v) is 2.29. The second kappa shape index (κ2) is 5.35. The number of rotatable bonds is 3. The minimum atomic E-state index is -0.445. The van der Waals surface area contributed by atoms with Crippen molar-refractivity contribution >= 4 is 11.9 Å². The summed E-state index contributed by atoms with van der Waals surface area (Å²) < 4.78 is 9.01. The van der Waals surface area contributed by atoms with Crippen LogP contribution < -0.4 is 0 Å². The Kier molecular flexibility index (Phi) is 4.76. The molecule has 0 rings (SSSR count). The van der Waals surface area contributed by atoms with Crippen molar-refractivity contribution in [2.24, 2.45) is 0 Å². The molecular formula is C8H12O4. The van der Waals surface area contributed by atoms with Crippen LogP contribution in [-0.2, 0) is 19.1 Å². The molecule has 0 heterocycles. The number of hydrogen-bond donors (Lipinski definition) is 0. The number of carbonyl (C=O) groups is 2. The summed E-state index contributed by atoms with van der Waals surface area (Å²) in [5.41, 5.74) is 0.650. The Hall–Kier alpha value is -1.32. The molecule has 0 saturated carbocycles. The molecule has 0 aromatic carbocycles. The third-order valence-electron chi connectivity index (χ3n) is 1.07. The lowest BCUT2D eigenvalue weighted by Gasteiger charge is -2.00. The molecule has 0 aliphatic rings. The maximum atomic E-state index is 10.6. The number of methoxy groups -OCH3 is 1. The molecule has 0 amide bonds. The molecule has 0 spiro atoms. The van der Waals surface area contributed by atoms with Crippen molar-refractivity contribution in [1.82, 2.24) is 0 Å². The molecule has 12 heavy (non-hydrogen) atoms. The Bertz CT molecular complexity index is 205. The van der Waals surface area contributed by atoms with Gasteiger partial charge in [-0.25, -0.2) is 4.79 Å². The van der Waals surface area contributed by atoms with E-state index in [1.807, 2.05) is 0 Å². The van der Waals surface area contributed by atoms with Crippen molar-refractivity contribution < 1.29 is 19.1 Å². The van der Waals surface area contributed by atoms with E-state index in [9.17, 15) is 9.59 Å². The summed E-state index contributed by atoms with van der Waals surface area (Å²) in [6.07, 6.45) is 1.28. The second-order valence-electron chi connectivity index (χ2n) is 2.29. The fourth-order valence-corrected chi connectivity index (χ4v) is 0.517. The van der Waals surface area contributed by atoms with Gasteiger partial charge in [0.25, 0.3) is 0 Å². The third-order valence-corrected chi connectivity index (χ3v) is 1.07. The smallest absolute Gasteiger partial charge is 0.330 e. The lowest BCUT2D eigenvalue weighted by Crippen LogP contribution is -2.04. The van der Waals surface area contributed by atoms with E-state index < -0.39 is 5.97 Å². The predicted molar refractivity (Wildman–Crippen MR) is 42.4 cm³/mol. The molecule has 0 radical (unpaired) electrons. The van der Waals surface area contributed by atoms with Crippen molar-refractivity contribution in [1.29, 1.82) is 0 Å². The summed E-state index contributed by atoms with van der Waals surface area (Å²) in [6, 6.07) is 0.